The van der Waals surface area contributed by atoms with Gasteiger partial charge in [0.25, 0.3) is 5.91 Å². The maximum absolute atomic E-state index is 12.6. The number of piperazine rings is 1. The Bertz CT molecular complexity index is 925. The van der Waals surface area contributed by atoms with Crippen LogP contribution in [0.25, 0.3) is 0 Å². The Hall–Kier alpha value is -2.93. The highest BCUT2D eigenvalue weighted by Gasteiger charge is 2.23. The Morgan fingerprint density at radius 3 is 2.21 bits per heavy atom. The standard InChI is InChI=1S/C21H19BrN4O2/c22-17-8-6-16(7-9-17)21(27)26-14-12-25(13-15-26)19-10-11-20(24-23-19)28-18-4-2-1-3-5-18/h1-11H,12-15H2. The lowest BCUT2D eigenvalue weighted by molar-refractivity contribution is 0.0746. The van der Waals surface area contributed by atoms with Crippen LogP contribution in [0.1, 0.15) is 10.4 Å². The van der Waals surface area contributed by atoms with E-state index in [0.29, 0.717) is 24.5 Å². The number of carbonyl (C=O) groups excluding carboxylic acids is 1. The molecule has 0 unspecified atom stereocenters. The molecule has 1 aromatic heterocycles. The maximum Gasteiger partial charge on any atom is 0.253 e. The Balaban J connectivity index is 1.34. The average molecular weight is 439 g/mol. The molecule has 0 atom stereocenters. The van der Waals surface area contributed by atoms with Crippen molar-refractivity contribution in [3.05, 3.63) is 76.8 Å². The molecule has 1 amide bonds. The van der Waals surface area contributed by atoms with Crippen molar-refractivity contribution in [1.29, 1.82) is 0 Å². The number of hydrogen-bond acceptors (Lipinski definition) is 5. The molecule has 3 aromatic rings. The normalized spacial score (nSPS) is 14.0. The third-order valence-corrected chi connectivity index (χ3v) is 5.10. The smallest absolute Gasteiger partial charge is 0.253 e. The molecule has 0 radical (unpaired) electrons. The summed E-state index contributed by atoms with van der Waals surface area (Å²) in [6.45, 7) is 2.74. The minimum absolute atomic E-state index is 0.0600. The van der Waals surface area contributed by atoms with Gasteiger partial charge in [0.1, 0.15) is 5.75 Å². The van der Waals surface area contributed by atoms with E-state index in [1.165, 1.54) is 0 Å². The van der Waals surface area contributed by atoms with Gasteiger partial charge in [0.2, 0.25) is 5.88 Å². The number of benzene rings is 2. The molecule has 0 N–H and O–H groups in total. The van der Waals surface area contributed by atoms with Gasteiger partial charge in [-0.1, -0.05) is 34.1 Å². The molecular formula is C21H19BrN4O2. The van der Waals surface area contributed by atoms with Crippen LogP contribution in [-0.2, 0) is 0 Å². The number of nitrogens with zero attached hydrogens (tertiary/aromatic N) is 4. The van der Waals surface area contributed by atoms with Crippen molar-refractivity contribution >= 4 is 27.7 Å². The van der Waals surface area contributed by atoms with Crippen LogP contribution in [0.4, 0.5) is 5.82 Å². The highest BCUT2D eigenvalue weighted by atomic mass is 79.9. The molecule has 7 heteroatoms. The summed E-state index contributed by atoms with van der Waals surface area (Å²) in [6, 6.07) is 20.7. The fourth-order valence-electron chi connectivity index (χ4n) is 3.06. The molecule has 1 aliphatic heterocycles. The van der Waals surface area contributed by atoms with Crippen LogP contribution in [0.3, 0.4) is 0 Å². The number of anilines is 1. The van der Waals surface area contributed by atoms with E-state index < -0.39 is 0 Å². The molecule has 0 aliphatic carbocycles. The minimum Gasteiger partial charge on any atom is -0.438 e. The summed E-state index contributed by atoms with van der Waals surface area (Å²) in [6.07, 6.45) is 0. The number of hydrogen-bond donors (Lipinski definition) is 0. The monoisotopic (exact) mass is 438 g/mol. The van der Waals surface area contributed by atoms with Crippen molar-refractivity contribution < 1.29 is 9.53 Å². The Kier molecular flexibility index (Phi) is 5.53. The first-order chi connectivity index (χ1) is 13.7. The average Bonchev–Trinajstić information content (AvgIpc) is 2.75. The number of halogens is 1. The van der Waals surface area contributed by atoms with Crippen LogP contribution in [0.15, 0.2) is 71.2 Å². The van der Waals surface area contributed by atoms with Crippen LogP contribution in [0, 0.1) is 0 Å². The van der Waals surface area contributed by atoms with Crippen molar-refractivity contribution in [3.63, 3.8) is 0 Å². The highest BCUT2D eigenvalue weighted by molar-refractivity contribution is 9.10. The fraction of sp³-hybridized carbons (Fsp3) is 0.190. The van der Waals surface area contributed by atoms with E-state index in [-0.39, 0.29) is 5.91 Å². The van der Waals surface area contributed by atoms with Crippen molar-refractivity contribution in [2.45, 2.75) is 0 Å². The van der Waals surface area contributed by atoms with Gasteiger partial charge in [-0.15, -0.1) is 10.2 Å². The molecule has 0 saturated carbocycles. The van der Waals surface area contributed by atoms with Crippen LogP contribution in [-0.4, -0.2) is 47.2 Å². The van der Waals surface area contributed by atoms with E-state index in [0.717, 1.165) is 29.1 Å². The summed E-state index contributed by atoms with van der Waals surface area (Å²) in [4.78, 5) is 16.6. The minimum atomic E-state index is 0.0600. The molecule has 0 bridgehead atoms. The van der Waals surface area contributed by atoms with E-state index in [1.54, 1.807) is 0 Å². The summed E-state index contributed by atoms with van der Waals surface area (Å²) < 4.78 is 6.64. The third-order valence-electron chi connectivity index (χ3n) is 4.57. The van der Waals surface area contributed by atoms with Gasteiger partial charge in [-0.2, -0.15) is 0 Å². The predicted octanol–water partition coefficient (Wildman–Crippen LogP) is 3.99. The number of carbonyl (C=O) groups is 1. The maximum atomic E-state index is 12.6. The summed E-state index contributed by atoms with van der Waals surface area (Å²) in [7, 11) is 0. The molecule has 2 heterocycles. The highest BCUT2D eigenvalue weighted by Crippen LogP contribution is 2.21. The zero-order valence-corrected chi connectivity index (χ0v) is 16.7. The first-order valence-corrected chi connectivity index (χ1v) is 9.85. The largest absolute Gasteiger partial charge is 0.438 e. The van der Waals surface area contributed by atoms with Crippen LogP contribution in [0.5, 0.6) is 11.6 Å². The molecule has 2 aromatic carbocycles. The zero-order valence-electron chi connectivity index (χ0n) is 15.2. The molecule has 28 heavy (non-hydrogen) atoms. The van der Waals surface area contributed by atoms with Crippen LogP contribution >= 0.6 is 15.9 Å². The van der Waals surface area contributed by atoms with Crippen molar-refractivity contribution in [1.82, 2.24) is 15.1 Å². The van der Waals surface area contributed by atoms with Crippen LogP contribution in [0.2, 0.25) is 0 Å². The molecule has 6 nitrogen and oxygen atoms in total. The Morgan fingerprint density at radius 2 is 1.57 bits per heavy atom. The lowest BCUT2D eigenvalue weighted by Crippen LogP contribution is -2.49. The van der Waals surface area contributed by atoms with E-state index >= 15 is 0 Å². The first kappa shape index (κ1) is 18.4. The number of amides is 1. The molecule has 0 spiro atoms. The summed E-state index contributed by atoms with van der Waals surface area (Å²) in [5.41, 5.74) is 0.707. The van der Waals surface area contributed by atoms with E-state index in [2.05, 4.69) is 31.0 Å². The molecule has 4 rings (SSSR count). The molecule has 1 fully saturated rings. The second kappa shape index (κ2) is 8.39. The molecular weight excluding hydrogens is 420 g/mol. The van der Waals surface area contributed by atoms with Crippen molar-refractivity contribution in [2.75, 3.05) is 31.1 Å². The molecule has 1 saturated heterocycles. The van der Waals surface area contributed by atoms with Crippen LogP contribution < -0.4 is 9.64 Å². The summed E-state index contributed by atoms with van der Waals surface area (Å²) in [5, 5.41) is 8.44. The van der Waals surface area contributed by atoms with Gasteiger partial charge < -0.3 is 14.5 Å². The number of aromatic nitrogens is 2. The van der Waals surface area contributed by atoms with Crippen molar-refractivity contribution in [2.24, 2.45) is 0 Å². The SMILES string of the molecule is O=C(c1ccc(Br)cc1)N1CCN(c2ccc(Oc3ccccc3)nn2)CC1. The van der Waals surface area contributed by atoms with Gasteiger partial charge in [-0.3, -0.25) is 4.79 Å². The van der Waals surface area contributed by atoms with Gasteiger partial charge in [-0.05, 0) is 42.5 Å². The van der Waals surface area contributed by atoms with Gasteiger partial charge in [0.05, 0.1) is 0 Å². The van der Waals surface area contributed by atoms with Gasteiger partial charge in [0, 0.05) is 42.3 Å². The first-order valence-electron chi connectivity index (χ1n) is 9.05. The Labute approximate surface area is 171 Å². The van der Waals surface area contributed by atoms with E-state index in [9.17, 15) is 4.79 Å². The molecule has 142 valence electrons. The lowest BCUT2D eigenvalue weighted by Gasteiger charge is -2.35. The quantitative estimate of drug-likeness (QED) is 0.616. The second-order valence-corrected chi connectivity index (χ2v) is 7.35. The lowest BCUT2D eigenvalue weighted by atomic mass is 10.2. The Morgan fingerprint density at radius 1 is 0.857 bits per heavy atom. The van der Waals surface area contributed by atoms with Gasteiger partial charge >= 0.3 is 0 Å². The second-order valence-electron chi connectivity index (χ2n) is 6.43. The topological polar surface area (TPSA) is 58.6 Å². The van der Waals surface area contributed by atoms with Crippen molar-refractivity contribution in [3.8, 4) is 11.6 Å². The van der Waals surface area contributed by atoms with Gasteiger partial charge in [0.15, 0.2) is 5.82 Å². The molecule has 1 aliphatic rings. The number of ether oxygens (including phenoxy) is 1. The summed E-state index contributed by atoms with van der Waals surface area (Å²) >= 11 is 3.39. The van der Waals surface area contributed by atoms with Gasteiger partial charge in [-0.25, -0.2) is 0 Å². The third kappa shape index (κ3) is 4.31. The number of rotatable bonds is 4. The summed E-state index contributed by atoms with van der Waals surface area (Å²) in [5.74, 6) is 2.03. The fourth-order valence-corrected chi connectivity index (χ4v) is 3.32. The van der Waals surface area contributed by atoms with E-state index in [1.807, 2.05) is 71.6 Å². The predicted molar refractivity (Wildman–Crippen MR) is 111 cm³/mol. The van der Waals surface area contributed by atoms with E-state index in [4.69, 9.17) is 4.74 Å². The number of para-hydroxylation sites is 1. The zero-order chi connectivity index (χ0) is 19.3.